The van der Waals surface area contributed by atoms with Crippen molar-refractivity contribution in [1.29, 1.82) is 0 Å². The van der Waals surface area contributed by atoms with E-state index in [2.05, 4.69) is 20.9 Å². The smallest absolute Gasteiger partial charge is 0.240 e. The van der Waals surface area contributed by atoms with Crippen LogP contribution in [0.4, 0.5) is 5.69 Å². The molecule has 1 amide bonds. The van der Waals surface area contributed by atoms with E-state index in [1.807, 2.05) is 67.9 Å². The van der Waals surface area contributed by atoms with Crippen molar-refractivity contribution < 1.29 is 9.53 Å². The number of hydrogen-bond acceptors (Lipinski definition) is 6. The van der Waals surface area contributed by atoms with Gasteiger partial charge in [0.1, 0.15) is 11.0 Å². The lowest BCUT2D eigenvalue weighted by Crippen LogP contribution is -2.41. The van der Waals surface area contributed by atoms with Gasteiger partial charge in [-0.15, -0.1) is 10.2 Å². The van der Waals surface area contributed by atoms with Gasteiger partial charge in [0.15, 0.2) is 5.82 Å². The average molecular weight is 424 g/mol. The van der Waals surface area contributed by atoms with E-state index in [0.717, 1.165) is 40.4 Å². The first-order valence-electron chi connectivity index (χ1n) is 9.89. The van der Waals surface area contributed by atoms with Crippen LogP contribution in [0.1, 0.15) is 35.5 Å². The largest absolute Gasteiger partial charge is 0.497 e. The normalized spacial score (nSPS) is 17.7. The molecule has 30 heavy (non-hydrogen) atoms. The number of carbonyl (C=O) groups is 1. The fraction of sp³-hybridized carbons (Fsp3) is 0.318. The highest BCUT2D eigenvalue weighted by Crippen LogP contribution is 2.38. The Labute approximate surface area is 180 Å². The zero-order valence-corrected chi connectivity index (χ0v) is 18.3. The predicted octanol–water partition coefficient (Wildman–Crippen LogP) is 3.86. The predicted molar refractivity (Wildman–Crippen MR) is 119 cm³/mol. The SMILES string of the molecule is CCc1nnc2n1N[C@@H](c1ccc(OC)cc1)[C@@H](C(=O)Nc1cc(C)ccc1C)S2. The van der Waals surface area contributed by atoms with E-state index in [1.165, 1.54) is 11.8 Å². The number of carbonyl (C=O) groups excluding carboxylic acids is 1. The number of anilines is 1. The van der Waals surface area contributed by atoms with Crippen LogP contribution in [0.25, 0.3) is 0 Å². The minimum Gasteiger partial charge on any atom is -0.497 e. The van der Waals surface area contributed by atoms with Crippen molar-refractivity contribution >= 4 is 23.4 Å². The summed E-state index contributed by atoms with van der Waals surface area (Å²) >= 11 is 1.43. The number of ether oxygens (including phenoxy) is 1. The third kappa shape index (κ3) is 3.87. The highest BCUT2D eigenvalue weighted by atomic mass is 32.2. The monoisotopic (exact) mass is 423 g/mol. The Morgan fingerprint density at radius 3 is 2.67 bits per heavy atom. The molecular weight excluding hydrogens is 398 g/mol. The second kappa shape index (κ2) is 8.39. The van der Waals surface area contributed by atoms with E-state index < -0.39 is 5.25 Å². The first-order chi connectivity index (χ1) is 14.5. The van der Waals surface area contributed by atoms with E-state index in [4.69, 9.17) is 4.74 Å². The van der Waals surface area contributed by atoms with Crippen molar-refractivity contribution in [2.24, 2.45) is 0 Å². The van der Waals surface area contributed by atoms with Gasteiger partial charge in [-0.1, -0.05) is 43.0 Å². The first kappa shape index (κ1) is 20.3. The molecular formula is C22H25N5O2S. The lowest BCUT2D eigenvalue weighted by molar-refractivity contribution is -0.116. The maximum Gasteiger partial charge on any atom is 0.240 e. The molecule has 1 aliphatic rings. The van der Waals surface area contributed by atoms with Crippen LogP contribution in [-0.2, 0) is 11.2 Å². The van der Waals surface area contributed by atoms with Gasteiger partial charge in [-0.05, 0) is 48.7 Å². The quantitative estimate of drug-likeness (QED) is 0.649. The van der Waals surface area contributed by atoms with Crippen molar-refractivity contribution in [3.63, 3.8) is 0 Å². The molecule has 0 unspecified atom stereocenters. The molecule has 7 nitrogen and oxygen atoms in total. The van der Waals surface area contributed by atoms with Gasteiger partial charge < -0.3 is 15.5 Å². The van der Waals surface area contributed by atoms with Crippen LogP contribution in [0.15, 0.2) is 47.6 Å². The molecule has 8 heteroatoms. The molecule has 2 aromatic carbocycles. The minimum absolute atomic E-state index is 0.0747. The Kier molecular flexibility index (Phi) is 5.67. The lowest BCUT2D eigenvalue weighted by atomic mass is 10.0. The number of fused-ring (bicyclic) bond motifs is 1. The molecule has 0 radical (unpaired) electrons. The van der Waals surface area contributed by atoms with Crippen molar-refractivity contribution in [3.05, 3.63) is 65.0 Å². The Morgan fingerprint density at radius 2 is 1.97 bits per heavy atom. The third-order valence-electron chi connectivity index (χ3n) is 5.20. The molecule has 0 saturated heterocycles. The fourth-order valence-electron chi connectivity index (χ4n) is 3.46. The van der Waals surface area contributed by atoms with Gasteiger partial charge in [0, 0.05) is 12.1 Å². The highest BCUT2D eigenvalue weighted by Gasteiger charge is 2.37. The van der Waals surface area contributed by atoms with Gasteiger partial charge in [0.25, 0.3) is 0 Å². The molecule has 2 heterocycles. The fourth-order valence-corrected chi connectivity index (χ4v) is 4.56. The molecule has 156 valence electrons. The molecule has 2 atom stereocenters. The standard InChI is InChI=1S/C22H25N5O2S/c1-5-18-24-25-22-27(18)26-19(15-8-10-16(29-4)11-9-15)20(30-22)21(28)23-17-12-13(2)6-7-14(17)3/h6-12,19-20,26H,5H2,1-4H3,(H,23,28)/t19-,20-/m0/s1. The molecule has 4 rings (SSSR count). The van der Waals surface area contributed by atoms with Crippen molar-refractivity contribution in [3.8, 4) is 5.75 Å². The second-order valence-electron chi connectivity index (χ2n) is 7.31. The summed E-state index contributed by atoms with van der Waals surface area (Å²) in [5.41, 5.74) is 7.41. The van der Waals surface area contributed by atoms with Gasteiger partial charge in [0.05, 0.1) is 13.2 Å². The van der Waals surface area contributed by atoms with E-state index >= 15 is 0 Å². The molecule has 0 bridgehead atoms. The maximum absolute atomic E-state index is 13.4. The number of thioether (sulfide) groups is 1. The molecule has 3 aromatic rings. The average Bonchev–Trinajstić information content (AvgIpc) is 3.17. The Balaban J connectivity index is 1.68. The number of nitrogens with one attached hydrogen (secondary N) is 2. The van der Waals surface area contributed by atoms with E-state index in [-0.39, 0.29) is 11.9 Å². The number of aromatic nitrogens is 3. The molecule has 2 N–H and O–H groups in total. The summed E-state index contributed by atoms with van der Waals surface area (Å²) in [5, 5.41) is 11.9. The first-order valence-corrected chi connectivity index (χ1v) is 10.8. The molecule has 0 aliphatic carbocycles. The third-order valence-corrected chi connectivity index (χ3v) is 6.42. The summed E-state index contributed by atoms with van der Waals surface area (Å²) in [5.74, 6) is 1.54. The maximum atomic E-state index is 13.4. The lowest BCUT2D eigenvalue weighted by Gasteiger charge is -2.33. The Bertz CT molecular complexity index is 1060. The van der Waals surface area contributed by atoms with Crippen molar-refractivity contribution in [2.75, 3.05) is 17.9 Å². The molecule has 0 spiro atoms. The summed E-state index contributed by atoms with van der Waals surface area (Å²) in [6.07, 6.45) is 0.745. The number of rotatable bonds is 5. The summed E-state index contributed by atoms with van der Waals surface area (Å²) < 4.78 is 7.17. The molecule has 0 fully saturated rings. The second-order valence-corrected chi connectivity index (χ2v) is 8.42. The number of hydrogen-bond donors (Lipinski definition) is 2. The van der Waals surface area contributed by atoms with Crippen LogP contribution in [0.5, 0.6) is 5.75 Å². The van der Waals surface area contributed by atoms with Crippen LogP contribution < -0.4 is 15.5 Å². The van der Waals surface area contributed by atoms with E-state index in [9.17, 15) is 4.79 Å². The molecule has 0 saturated carbocycles. The van der Waals surface area contributed by atoms with Gasteiger partial charge >= 0.3 is 0 Å². The van der Waals surface area contributed by atoms with Crippen LogP contribution in [0.3, 0.4) is 0 Å². The highest BCUT2D eigenvalue weighted by molar-refractivity contribution is 8.00. The number of methoxy groups -OCH3 is 1. The van der Waals surface area contributed by atoms with Crippen molar-refractivity contribution in [2.45, 2.75) is 43.6 Å². The van der Waals surface area contributed by atoms with E-state index in [1.54, 1.807) is 7.11 Å². The number of amides is 1. The van der Waals surface area contributed by atoms with Crippen LogP contribution in [0.2, 0.25) is 0 Å². The van der Waals surface area contributed by atoms with Crippen LogP contribution in [0, 0.1) is 13.8 Å². The molecule has 1 aliphatic heterocycles. The summed E-state index contributed by atoms with van der Waals surface area (Å²) in [6, 6.07) is 13.6. The van der Waals surface area contributed by atoms with E-state index in [0.29, 0.717) is 5.16 Å². The summed E-state index contributed by atoms with van der Waals surface area (Å²) in [6.45, 7) is 6.04. The number of benzene rings is 2. The van der Waals surface area contributed by atoms with Gasteiger partial charge in [-0.25, -0.2) is 4.68 Å². The number of nitrogens with zero attached hydrogens (tertiary/aromatic N) is 3. The summed E-state index contributed by atoms with van der Waals surface area (Å²) in [4.78, 5) is 13.4. The van der Waals surface area contributed by atoms with Gasteiger partial charge in [-0.2, -0.15) is 0 Å². The topological polar surface area (TPSA) is 81.1 Å². The zero-order chi connectivity index (χ0) is 21.3. The Morgan fingerprint density at radius 1 is 1.20 bits per heavy atom. The molecule has 1 aromatic heterocycles. The van der Waals surface area contributed by atoms with Gasteiger partial charge in [0.2, 0.25) is 11.1 Å². The van der Waals surface area contributed by atoms with Crippen LogP contribution in [-0.4, -0.2) is 33.1 Å². The van der Waals surface area contributed by atoms with Crippen molar-refractivity contribution in [1.82, 2.24) is 14.9 Å². The Hall–Kier alpha value is -3.00. The summed E-state index contributed by atoms with van der Waals surface area (Å²) in [7, 11) is 1.64. The minimum atomic E-state index is -0.417. The van der Waals surface area contributed by atoms with Gasteiger partial charge in [-0.3, -0.25) is 4.79 Å². The number of aryl methyl sites for hydroxylation is 3. The zero-order valence-electron chi connectivity index (χ0n) is 17.5. The van der Waals surface area contributed by atoms with Crippen LogP contribution >= 0.6 is 11.8 Å².